The molecule has 0 unspecified atom stereocenters. The van der Waals surface area contributed by atoms with Crippen LogP contribution in [0.2, 0.25) is 0 Å². The van der Waals surface area contributed by atoms with E-state index in [4.69, 9.17) is 14.5 Å². The minimum absolute atomic E-state index is 0.165. The van der Waals surface area contributed by atoms with Crippen LogP contribution >= 0.6 is 34.9 Å². The van der Waals surface area contributed by atoms with E-state index >= 15 is 0 Å². The third-order valence-corrected chi connectivity index (χ3v) is 9.50. The zero-order valence-electron chi connectivity index (χ0n) is 20.9. The van der Waals surface area contributed by atoms with E-state index < -0.39 is 0 Å². The first kappa shape index (κ1) is 25.0. The fraction of sp³-hybridized carbons (Fsp3) is 0.259. The van der Waals surface area contributed by atoms with Crippen LogP contribution in [0.25, 0.3) is 15.9 Å². The van der Waals surface area contributed by atoms with Crippen LogP contribution in [0, 0.1) is 0 Å². The molecule has 0 atom stereocenters. The molecular formula is C27H25N5O3S3. The van der Waals surface area contributed by atoms with E-state index in [1.54, 1.807) is 55.5 Å². The van der Waals surface area contributed by atoms with E-state index in [2.05, 4.69) is 27.6 Å². The minimum Gasteiger partial charge on any atom is -0.497 e. The highest BCUT2D eigenvalue weighted by atomic mass is 32.2. The number of amides is 1. The van der Waals surface area contributed by atoms with Crippen LogP contribution in [-0.2, 0) is 23.4 Å². The number of carbonyl (C=O) groups is 1. The summed E-state index contributed by atoms with van der Waals surface area (Å²) >= 11 is 4.78. The molecule has 11 heteroatoms. The summed E-state index contributed by atoms with van der Waals surface area (Å²) in [5, 5.41) is 14.6. The van der Waals surface area contributed by atoms with Crippen LogP contribution in [0.5, 0.6) is 11.5 Å². The monoisotopic (exact) mass is 563 g/mol. The highest BCUT2D eigenvalue weighted by molar-refractivity contribution is 8.00. The Kier molecular flexibility index (Phi) is 7.14. The SMILES string of the molecule is COc1ccc(NC(=O)CSc2nnc3c4c5c(sc4nc(SCc4ccccc4)n23)CCC5)c(OC)c1. The number of nitrogens with zero attached hydrogens (tertiary/aromatic N) is 4. The molecule has 194 valence electrons. The number of nitrogens with one attached hydrogen (secondary N) is 1. The molecule has 1 aliphatic carbocycles. The molecule has 0 saturated heterocycles. The van der Waals surface area contributed by atoms with Gasteiger partial charge in [0.25, 0.3) is 0 Å². The third kappa shape index (κ3) is 4.81. The van der Waals surface area contributed by atoms with Crippen molar-refractivity contribution in [3.05, 3.63) is 64.5 Å². The molecule has 0 bridgehead atoms. The van der Waals surface area contributed by atoms with Crippen LogP contribution < -0.4 is 14.8 Å². The van der Waals surface area contributed by atoms with E-state index in [9.17, 15) is 4.79 Å². The van der Waals surface area contributed by atoms with E-state index in [1.807, 2.05) is 22.6 Å². The van der Waals surface area contributed by atoms with Gasteiger partial charge >= 0.3 is 0 Å². The number of thiophene rings is 1. The Labute approximate surface area is 232 Å². The molecule has 0 fully saturated rings. The Morgan fingerprint density at radius 3 is 2.74 bits per heavy atom. The van der Waals surface area contributed by atoms with Crippen molar-refractivity contribution in [2.75, 3.05) is 25.3 Å². The molecule has 38 heavy (non-hydrogen) atoms. The number of hydrogen-bond acceptors (Lipinski definition) is 9. The second kappa shape index (κ2) is 10.8. The number of anilines is 1. The fourth-order valence-electron chi connectivity index (χ4n) is 4.57. The number of aromatic nitrogens is 4. The normalized spacial score (nSPS) is 12.7. The summed E-state index contributed by atoms with van der Waals surface area (Å²) in [7, 11) is 3.15. The van der Waals surface area contributed by atoms with Crippen molar-refractivity contribution >= 4 is 62.3 Å². The van der Waals surface area contributed by atoms with Gasteiger partial charge in [0.05, 0.1) is 31.0 Å². The van der Waals surface area contributed by atoms with Gasteiger partial charge in [0.2, 0.25) is 5.91 Å². The molecule has 0 saturated carbocycles. The second-order valence-electron chi connectivity index (χ2n) is 8.75. The number of methoxy groups -OCH3 is 2. The maximum Gasteiger partial charge on any atom is 0.234 e. The first-order valence-electron chi connectivity index (χ1n) is 12.2. The van der Waals surface area contributed by atoms with Crippen molar-refractivity contribution in [1.82, 2.24) is 19.6 Å². The van der Waals surface area contributed by atoms with E-state index in [1.165, 1.54) is 34.2 Å². The Hall–Kier alpha value is -3.28. The van der Waals surface area contributed by atoms with Gasteiger partial charge in [-0.3, -0.25) is 4.79 Å². The maximum absolute atomic E-state index is 12.9. The molecule has 3 aromatic heterocycles. The second-order valence-corrected chi connectivity index (χ2v) is 11.7. The van der Waals surface area contributed by atoms with Gasteiger partial charge in [-0.15, -0.1) is 21.5 Å². The predicted octanol–water partition coefficient (Wildman–Crippen LogP) is 5.87. The van der Waals surface area contributed by atoms with Crippen LogP contribution in [-0.4, -0.2) is 45.5 Å². The van der Waals surface area contributed by atoms with Gasteiger partial charge in [-0.25, -0.2) is 9.38 Å². The van der Waals surface area contributed by atoms with Gasteiger partial charge in [0.1, 0.15) is 16.3 Å². The first-order valence-corrected chi connectivity index (χ1v) is 14.9. The standard InChI is InChI=1S/C27H25N5O3S3/c1-34-17-11-12-19(20(13-17)35-2)28-22(33)15-37-27-31-30-24-23-18-9-6-10-21(18)38-25(23)29-26(32(24)27)36-14-16-7-4-3-5-8-16/h3-5,7-8,11-13H,6,9-10,14-15H2,1-2H3,(H,28,33). The smallest absolute Gasteiger partial charge is 0.234 e. The highest BCUT2D eigenvalue weighted by Crippen LogP contribution is 2.40. The number of hydrogen-bond donors (Lipinski definition) is 1. The predicted molar refractivity (Wildman–Crippen MR) is 153 cm³/mol. The van der Waals surface area contributed by atoms with Gasteiger partial charge in [-0.1, -0.05) is 53.9 Å². The lowest BCUT2D eigenvalue weighted by Crippen LogP contribution is -2.15. The molecule has 2 aromatic carbocycles. The number of rotatable bonds is 9. The van der Waals surface area contributed by atoms with Gasteiger partial charge < -0.3 is 14.8 Å². The number of carbonyl (C=O) groups excluding carboxylic acids is 1. The Bertz CT molecular complexity index is 1630. The van der Waals surface area contributed by atoms with Gasteiger partial charge in [0.15, 0.2) is 16.0 Å². The van der Waals surface area contributed by atoms with E-state index in [-0.39, 0.29) is 11.7 Å². The summed E-state index contributed by atoms with van der Waals surface area (Å²) < 4.78 is 12.7. The molecule has 8 nitrogen and oxygen atoms in total. The van der Waals surface area contributed by atoms with Gasteiger partial charge in [0, 0.05) is 16.7 Å². The fourth-order valence-corrected chi connectivity index (χ4v) is 7.62. The Morgan fingerprint density at radius 2 is 1.92 bits per heavy atom. The summed E-state index contributed by atoms with van der Waals surface area (Å²) in [4.78, 5) is 20.4. The lowest BCUT2D eigenvalue weighted by molar-refractivity contribution is -0.113. The lowest BCUT2D eigenvalue weighted by Gasteiger charge is -2.11. The van der Waals surface area contributed by atoms with Crippen LogP contribution in [0.3, 0.4) is 0 Å². The van der Waals surface area contributed by atoms with E-state index in [0.717, 1.165) is 39.6 Å². The van der Waals surface area contributed by atoms with Crippen molar-refractivity contribution in [2.24, 2.45) is 0 Å². The van der Waals surface area contributed by atoms with Crippen molar-refractivity contribution < 1.29 is 14.3 Å². The Balaban J connectivity index is 1.29. The molecule has 0 aliphatic heterocycles. The van der Waals surface area contributed by atoms with Crippen molar-refractivity contribution in [3.63, 3.8) is 0 Å². The largest absolute Gasteiger partial charge is 0.497 e. The van der Waals surface area contributed by atoms with Crippen molar-refractivity contribution in [1.29, 1.82) is 0 Å². The average Bonchev–Trinajstić information content (AvgIpc) is 3.66. The summed E-state index contributed by atoms with van der Waals surface area (Å²) in [6.45, 7) is 0. The van der Waals surface area contributed by atoms with Crippen molar-refractivity contribution in [2.45, 2.75) is 35.3 Å². The molecular weight excluding hydrogens is 539 g/mol. The van der Waals surface area contributed by atoms with E-state index in [0.29, 0.717) is 22.3 Å². The number of ether oxygens (including phenoxy) is 2. The molecule has 6 rings (SSSR count). The molecule has 0 spiro atoms. The number of aryl methyl sites for hydroxylation is 2. The maximum atomic E-state index is 12.9. The third-order valence-electron chi connectivity index (χ3n) is 6.37. The molecule has 1 amide bonds. The minimum atomic E-state index is -0.167. The zero-order chi connectivity index (χ0) is 26.1. The number of fused-ring (bicyclic) bond motifs is 5. The summed E-state index contributed by atoms with van der Waals surface area (Å²) in [5.74, 6) is 1.97. The number of thioether (sulfide) groups is 2. The zero-order valence-corrected chi connectivity index (χ0v) is 23.3. The molecule has 0 radical (unpaired) electrons. The van der Waals surface area contributed by atoms with Crippen LogP contribution in [0.4, 0.5) is 5.69 Å². The first-order chi connectivity index (χ1) is 18.6. The average molecular weight is 564 g/mol. The van der Waals surface area contributed by atoms with Crippen LogP contribution in [0.1, 0.15) is 22.4 Å². The van der Waals surface area contributed by atoms with Gasteiger partial charge in [-0.2, -0.15) is 0 Å². The Morgan fingerprint density at radius 1 is 1.05 bits per heavy atom. The summed E-state index contributed by atoms with van der Waals surface area (Å²) in [6, 6.07) is 15.6. The van der Waals surface area contributed by atoms with Crippen LogP contribution in [0.15, 0.2) is 58.8 Å². The molecule has 3 heterocycles. The van der Waals surface area contributed by atoms with Crippen molar-refractivity contribution in [3.8, 4) is 11.5 Å². The quantitative estimate of drug-likeness (QED) is 0.176. The summed E-state index contributed by atoms with van der Waals surface area (Å²) in [5.41, 5.74) is 3.98. The molecule has 5 aromatic rings. The summed E-state index contributed by atoms with van der Waals surface area (Å²) in [6.07, 6.45) is 3.31. The van der Waals surface area contributed by atoms with Gasteiger partial charge in [-0.05, 0) is 42.5 Å². The number of benzene rings is 2. The topological polar surface area (TPSA) is 90.6 Å². The molecule has 1 aliphatic rings. The molecule has 1 N–H and O–H groups in total. The highest BCUT2D eigenvalue weighted by Gasteiger charge is 2.25. The lowest BCUT2D eigenvalue weighted by atomic mass is 10.2.